The summed E-state index contributed by atoms with van der Waals surface area (Å²) in [4.78, 5) is 34.1. The molecule has 124 valence electrons. The van der Waals surface area contributed by atoms with Crippen molar-refractivity contribution in [3.63, 3.8) is 0 Å². The van der Waals surface area contributed by atoms with E-state index in [1.807, 2.05) is 6.92 Å². The van der Waals surface area contributed by atoms with Crippen LogP contribution >= 0.6 is 0 Å². The number of carbonyl (C=O) groups is 2. The number of carbonyl (C=O) groups excluding carboxylic acids is 2. The van der Waals surface area contributed by atoms with Crippen LogP contribution in [0, 0.1) is 10.1 Å². The van der Waals surface area contributed by atoms with Gasteiger partial charge >= 0.3 is 0 Å². The first-order valence-corrected chi connectivity index (χ1v) is 7.09. The van der Waals surface area contributed by atoms with Crippen molar-refractivity contribution in [3.05, 3.63) is 69.8 Å². The lowest BCUT2D eigenvalue weighted by Crippen LogP contribution is -2.41. The Morgan fingerprint density at radius 3 is 2.21 bits per heavy atom. The standard InChI is InChI=1S/C16H15N3O5/c1-2-24-14-8-4-6-12(10-14)16(21)18-17-15(20)11-5-3-7-13(9-11)19(22)23/h3-10H,2H2,1H3,(H,17,20)(H,18,21). The maximum atomic E-state index is 12.0. The maximum absolute atomic E-state index is 12.0. The zero-order chi connectivity index (χ0) is 17.5. The van der Waals surface area contributed by atoms with E-state index in [-0.39, 0.29) is 11.3 Å². The van der Waals surface area contributed by atoms with Crippen LogP contribution in [0.4, 0.5) is 5.69 Å². The minimum Gasteiger partial charge on any atom is -0.494 e. The Hall–Kier alpha value is -3.42. The van der Waals surface area contributed by atoms with Crippen LogP contribution in [0.1, 0.15) is 27.6 Å². The van der Waals surface area contributed by atoms with Gasteiger partial charge in [-0.1, -0.05) is 12.1 Å². The number of nitro benzene ring substituents is 1. The minimum absolute atomic E-state index is 0.0626. The van der Waals surface area contributed by atoms with Gasteiger partial charge in [-0.25, -0.2) is 0 Å². The summed E-state index contributed by atoms with van der Waals surface area (Å²) >= 11 is 0. The number of nitrogens with zero attached hydrogens (tertiary/aromatic N) is 1. The van der Waals surface area contributed by atoms with Gasteiger partial charge in [-0.3, -0.25) is 30.6 Å². The fourth-order valence-corrected chi connectivity index (χ4v) is 1.91. The number of nitro groups is 1. The fourth-order valence-electron chi connectivity index (χ4n) is 1.91. The summed E-state index contributed by atoms with van der Waals surface area (Å²) in [5, 5.41) is 10.7. The Labute approximate surface area is 137 Å². The average Bonchev–Trinajstić information content (AvgIpc) is 2.60. The molecule has 0 fully saturated rings. The van der Waals surface area contributed by atoms with Crippen molar-refractivity contribution in [2.24, 2.45) is 0 Å². The fraction of sp³-hybridized carbons (Fsp3) is 0.125. The number of hydrogen-bond donors (Lipinski definition) is 2. The van der Waals surface area contributed by atoms with Gasteiger partial charge < -0.3 is 4.74 Å². The second-order valence-electron chi connectivity index (χ2n) is 4.68. The molecule has 2 N–H and O–H groups in total. The van der Waals surface area contributed by atoms with Crippen LogP contribution in [0.25, 0.3) is 0 Å². The molecule has 24 heavy (non-hydrogen) atoms. The van der Waals surface area contributed by atoms with Crippen molar-refractivity contribution in [2.75, 3.05) is 6.61 Å². The second kappa shape index (κ2) is 7.73. The van der Waals surface area contributed by atoms with E-state index in [2.05, 4.69) is 10.9 Å². The molecule has 8 nitrogen and oxygen atoms in total. The number of nitrogens with one attached hydrogen (secondary N) is 2. The lowest BCUT2D eigenvalue weighted by Gasteiger charge is -2.09. The van der Waals surface area contributed by atoms with E-state index in [1.54, 1.807) is 24.3 Å². The van der Waals surface area contributed by atoms with Crippen LogP contribution in [0.5, 0.6) is 5.75 Å². The first kappa shape index (κ1) is 16.9. The highest BCUT2D eigenvalue weighted by Crippen LogP contribution is 2.14. The van der Waals surface area contributed by atoms with Gasteiger partial charge in [0.1, 0.15) is 5.75 Å². The summed E-state index contributed by atoms with van der Waals surface area (Å²) in [5.74, 6) is -0.654. The highest BCUT2D eigenvalue weighted by Gasteiger charge is 2.13. The van der Waals surface area contributed by atoms with Crippen molar-refractivity contribution in [3.8, 4) is 5.75 Å². The summed E-state index contributed by atoms with van der Waals surface area (Å²) in [6.45, 7) is 2.29. The third-order valence-corrected chi connectivity index (χ3v) is 3.02. The molecule has 0 saturated heterocycles. The van der Waals surface area contributed by atoms with Gasteiger partial charge in [0.25, 0.3) is 17.5 Å². The van der Waals surface area contributed by atoms with Crippen LogP contribution in [-0.4, -0.2) is 23.3 Å². The molecule has 0 saturated carbocycles. The van der Waals surface area contributed by atoms with E-state index in [9.17, 15) is 19.7 Å². The Kier molecular flexibility index (Phi) is 5.45. The third-order valence-electron chi connectivity index (χ3n) is 3.02. The molecule has 0 unspecified atom stereocenters. The summed E-state index contributed by atoms with van der Waals surface area (Å²) in [6.07, 6.45) is 0. The zero-order valence-corrected chi connectivity index (χ0v) is 12.8. The van der Waals surface area contributed by atoms with Gasteiger partial charge in [0.05, 0.1) is 11.5 Å². The first-order chi connectivity index (χ1) is 11.5. The Morgan fingerprint density at radius 2 is 1.62 bits per heavy atom. The Bertz CT molecular complexity index is 776. The largest absolute Gasteiger partial charge is 0.494 e. The van der Waals surface area contributed by atoms with Crippen molar-refractivity contribution in [2.45, 2.75) is 6.92 Å². The molecule has 2 aromatic rings. The topological polar surface area (TPSA) is 111 Å². The molecular weight excluding hydrogens is 314 g/mol. The molecular formula is C16H15N3O5. The number of hydrogen-bond acceptors (Lipinski definition) is 5. The molecule has 0 aliphatic heterocycles. The van der Waals surface area contributed by atoms with E-state index < -0.39 is 16.7 Å². The molecule has 0 aromatic heterocycles. The first-order valence-electron chi connectivity index (χ1n) is 7.09. The predicted molar refractivity (Wildman–Crippen MR) is 85.6 cm³/mol. The van der Waals surface area contributed by atoms with Gasteiger partial charge in [0.15, 0.2) is 0 Å². The van der Waals surface area contributed by atoms with E-state index in [1.165, 1.54) is 18.2 Å². The van der Waals surface area contributed by atoms with Crippen molar-refractivity contribution in [1.82, 2.24) is 10.9 Å². The lowest BCUT2D eigenvalue weighted by molar-refractivity contribution is -0.384. The number of amides is 2. The zero-order valence-electron chi connectivity index (χ0n) is 12.8. The van der Waals surface area contributed by atoms with Gasteiger partial charge in [-0.05, 0) is 31.2 Å². The maximum Gasteiger partial charge on any atom is 0.270 e. The summed E-state index contributed by atoms with van der Waals surface area (Å²) in [6, 6.07) is 11.7. The van der Waals surface area contributed by atoms with Gasteiger partial charge in [0, 0.05) is 23.3 Å². The number of ether oxygens (including phenoxy) is 1. The second-order valence-corrected chi connectivity index (χ2v) is 4.68. The average molecular weight is 329 g/mol. The minimum atomic E-state index is -0.659. The van der Waals surface area contributed by atoms with Crippen molar-refractivity contribution in [1.29, 1.82) is 0 Å². The molecule has 0 aliphatic rings. The quantitative estimate of drug-likeness (QED) is 0.644. The van der Waals surface area contributed by atoms with Gasteiger partial charge in [-0.2, -0.15) is 0 Å². The Morgan fingerprint density at radius 1 is 1.04 bits per heavy atom. The smallest absolute Gasteiger partial charge is 0.270 e. The summed E-state index contributed by atoms with van der Waals surface area (Å²) < 4.78 is 5.30. The van der Waals surface area contributed by atoms with E-state index in [4.69, 9.17) is 4.74 Å². The predicted octanol–water partition coefficient (Wildman–Crippen LogP) is 2.07. The van der Waals surface area contributed by atoms with Crippen LogP contribution in [-0.2, 0) is 0 Å². The molecule has 0 bridgehead atoms. The van der Waals surface area contributed by atoms with Crippen LogP contribution < -0.4 is 15.6 Å². The Balaban J connectivity index is 2.01. The van der Waals surface area contributed by atoms with E-state index >= 15 is 0 Å². The molecule has 2 aromatic carbocycles. The van der Waals surface area contributed by atoms with Crippen molar-refractivity contribution < 1.29 is 19.2 Å². The van der Waals surface area contributed by atoms with E-state index in [0.29, 0.717) is 17.9 Å². The highest BCUT2D eigenvalue weighted by atomic mass is 16.6. The molecule has 8 heteroatoms. The molecule has 0 atom stereocenters. The summed E-state index contributed by atoms with van der Waals surface area (Å²) in [7, 11) is 0. The monoisotopic (exact) mass is 329 g/mol. The number of non-ortho nitro benzene ring substituents is 1. The van der Waals surface area contributed by atoms with Gasteiger partial charge in [-0.15, -0.1) is 0 Å². The molecule has 0 aliphatic carbocycles. The molecule has 2 rings (SSSR count). The van der Waals surface area contributed by atoms with Crippen LogP contribution in [0.15, 0.2) is 48.5 Å². The van der Waals surface area contributed by atoms with E-state index in [0.717, 1.165) is 6.07 Å². The SMILES string of the molecule is CCOc1cccc(C(=O)NNC(=O)c2cccc([N+](=O)[O-])c2)c1. The van der Waals surface area contributed by atoms with Crippen molar-refractivity contribution >= 4 is 17.5 Å². The van der Waals surface area contributed by atoms with Crippen LogP contribution in [0.2, 0.25) is 0 Å². The normalized spacial score (nSPS) is 9.88. The number of hydrazine groups is 1. The van der Waals surface area contributed by atoms with Gasteiger partial charge in [0.2, 0.25) is 0 Å². The summed E-state index contributed by atoms with van der Waals surface area (Å²) in [5.41, 5.74) is 4.62. The molecule has 0 heterocycles. The number of rotatable bonds is 5. The highest BCUT2D eigenvalue weighted by molar-refractivity contribution is 5.99. The molecule has 0 radical (unpaired) electrons. The third kappa shape index (κ3) is 4.29. The molecule has 2 amide bonds. The van der Waals surface area contributed by atoms with Crippen LogP contribution in [0.3, 0.4) is 0 Å². The number of benzene rings is 2. The lowest BCUT2D eigenvalue weighted by atomic mass is 10.2. The molecule has 0 spiro atoms.